The molecule has 0 saturated heterocycles. The van der Waals surface area contributed by atoms with Crippen molar-refractivity contribution in [2.75, 3.05) is 10.5 Å². The lowest BCUT2D eigenvalue weighted by Crippen LogP contribution is -2.14. The summed E-state index contributed by atoms with van der Waals surface area (Å²) in [6, 6.07) is 8.61. The van der Waals surface area contributed by atoms with Crippen LogP contribution in [0.25, 0.3) is 0 Å². The molecule has 0 aromatic heterocycles. The van der Waals surface area contributed by atoms with E-state index in [1.807, 2.05) is 0 Å². The summed E-state index contributed by atoms with van der Waals surface area (Å²) in [6.07, 6.45) is 0. The van der Waals surface area contributed by atoms with Gasteiger partial charge in [-0.15, -0.1) is 0 Å². The van der Waals surface area contributed by atoms with Crippen LogP contribution in [-0.2, 0) is 20.1 Å². The Hall–Kier alpha value is -1.81. The highest BCUT2D eigenvalue weighted by atomic mass is 35.5. The van der Waals surface area contributed by atoms with Gasteiger partial charge in [0.1, 0.15) is 4.90 Å². The first-order valence-electron chi connectivity index (χ1n) is 5.75. The van der Waals surface area contributed by atoms with Gasteiger partial charge in [-0.05, 0) is 36.4 Å². The van der Waals surface area contributed by atoms with Crippen LogP contribution in [0, 0.1) is 0 Å². The van der Waals surface area contributed by atoms with E-state index in [4.69, 9.17) is 21.9 Å². The Labute approximate surface area is 132 Å². The van der Waals surface area contributed by atoms with Crippen molar-refractivity contribution < 1.29 is 21.4 Å². The second-order valence-corrected chi connectivity index (χ2v) is 7.78. The maximum atomic E-state index is 12.2. The second kappa shape index (κ2) is 5.76. The molecule has 10 heteroatoms. The zero-order chi connectivity index (χ0) is 16.5. The Kier molecular flexibility index (Phi) is 4.34. The molecule has 2 rings (SSSR count). The smallest absolute Gasteiger partial charge is 0.294 e. The van der Waals surface area contributed by atoms with Gasteiger partial charge in [-0.3, -0.25) is 9.27 Å². The predicted molar refractivity (Wildman–Crippen MR) is 82.9 cm³/mol. The summed E-state index contributed by atoms with van der Waals surface area (Å²) in [5.41, 5.74) is 5.76. The standard InChI is InChI=1S/C12H11ClN2O5S2/c13-11-6-8(14)4-5-12(11)21(16,17)15-9-2-1-3-10(7-9)22(18,19)20/h1-7,15H,14H2,(H,18,19,20). The molecule has 7 nitrogen and oxygen atoms in total. The van der Waals surface area contributed by atoms with Crippen molar-refractivity contribution in [3.05, 3.63) is 47.5 Å². The van der Waals surface area contributed by atoms with Crippen molar-refractivity contribution in [1.82, 2.24) is 0 Å². The monoisotopic (exact) mass is 362 g/mol. The third-order valence-corrected chi connectivity index (χ3v) is 5.34. The van der Waals surface area contributed by atoms with Gasteiger partial charge in [0.15, 0.2) is 0 Å². The van der Waals surface area contributed by atoms with Crippen LogP contribution < -0.4 is 10.5 Å². The molecule has 0 aliphatic rings. The van der Waals surface area contributed by atoms with Gasteiger partial charge in [0.2, 0.25) is 0 Å². The van der Waals surface area contributed by atoms with Crippen molar-refractivity contribution in [3.8, 4) is 0 Å². The van der Waals surface area contributed by atoms with Crippen LogP contribution in [0.2, 0.25) is 5.02 Å². The van der Waals surface area contributed by atoms with Crippen LogP contribution in [0.3, 0.4) is 0 Å². The van der Waals surface area contributed by atoms with E-state index in [2.05, 4.69) is 4.72 Å². The van der Waals surface area contributed by atoms with E-state index in [9.17, 15) is 16.8 Å². The topological polar surface area (TPSA) is 127 Å². The number of nitrogen functional groups attached to an aromatic ring is 1. The Balaban J connectivity index is 2.41. The van der Waals surface area contributed by atoms with Gasteiger partial charge in [-0.25, -0.2) is 8.42 Å². The summed E-state index contributed by atoms with van der Waals surface area (Å²) in [5.74, 6) is 0. The summed E-state index contributed by atoms with van der Waals surface area (Å²) in [5, 5.41) is -0.0709. The SMILES string of the molecule is Nc1ccc(S(=O)(=O)Nc2cccc(S(=O)(=O)O)c2)c(Cl)c1. The first-order valence-corrected chi connectivity index (χ1v) is 9.05. The van der Waals surface area contributed by atoms with Crippen LogP contribution in [0.5, 0.6) is 0 Å². The van der Waals surface area contributed by atoms with Crippen LogP contribution in [0.1, 0.15) is 0 Å². The molecular weight excluding hydrogens is 352 g/mol. The van der Waals surface area contributed by atoms with E-state index in [1.54, 1.807) is 0 Å². The molecule has 4 N–H and O–H groups in total. The summed E-state index contributed by atoms with van der Waals surface area (Å²) < 4.78 is 57.7. The quantitative estimate of drug-likeness (QED) is 0.563. The van der Waals surface area contributed by atoms with Gasteiger partial charge < -0.3 is 5.73 Å². The van der Waals surface area contributed by atoms with Crippen molar-refractivity contribution in [1.29, 1.82) is 0 Å². The Morgan fingerprint density at radius 2 is 1.73 bits per heavy atom. The third-order valence-electron chi connectivity index (χ3n) is 2.63. The fourth-order valence-corrected chi connectivity index (χ4v) is 3.80. The molecule has 0 heterocycles. The number of halogens is 1. The van der Waals surface area contributed by atoms with Crippen molar-refractivity contribution in [2.24, 2.45) is 0 Å². The maximum absolute atomic E-state index is 12.2. The molecule has 0 aliphatic heterocycles. The minimum atomic E-state index is -4.44. The molecule has 0 saturated carbocycles. The highest BCUT2D eigenvalue weighted by molar-refractivity contribution is 7.92. The Morgan fingerprint density at radius 1 is 1.05 bits per heavy atom. The number of nitrogens with one attached hydrogen (secondary N) is 1. The summed E-state index contributed by atoms with van der Waals surface area (Å²) in [6.45, 7) is 0. The number of anilines is 2. The molecule has 0 unspecified atom stereocenters. The molecule has 118 valence electrons. The Bertz CT molecular complexity index is 926. The van der Waals surface area contributed by atoms with Gasteiger partial charge in [-0.2, -0.15) is 8.42 Å². The fraction of sp³-hybridized carbons (Fsp3) is 0. The van der Waals surface area contributed by atoms with Crippen molar-refractivity contribution >= 4 is 43.1 Å². The zero-order valence-electron chi connectivity index (χ0n) is 10.9. The van der Waals surface area contributed by atoms with Gasteiger partial charge >= 0.3 is 0 Å². The van der Waals surface area contributed by atoms with Gasteiger partial charge in [0.05, 0.1) is 15.6 Å². The first kappa shape index (κ1) is 16.6. The fourth-order valence-electron chi connectivity index (χ4n) is 1.67. The second-order valence-electron chi connectivity index (χ2n) is 4.30. The maximum Gasteiger partial charge on any atom is 0.294 e. The summed E-state index contributed by atoms with van der Waals surface area (Å²) >= 11 is 5.85. The van der Waals surface area contributed by atoms with E-state index >= 15 is 0 Å². The number of sulfonamides is 1. The molecule has 2 aromatic rings. The largest absolute Gasteiger partial charge is 0.399 e. The molecule has 0 fully saturated rings. The highest BCUT2D eigenvalue weighted by Crippen LogP contribution is 2.26. The average Bonchev–Trinajstić information content (AvgIpc) is 2.36. The van der Waals surface area contributed by atoms with Gasteiger partial charge in [0.25, 0.3) is 20.1 Å². The van der Waals surface area contributed by atoms with E-state index in [-0.39, 0.29) is 15.6 Å². The molecule has 0 bridgehead atoms. The van der Waals surface area contributed by atoms with Gasteiger partial charge in [-0.1, -0.05) is 17.7 Å². The lowest BCUT2D eigenvalue weighted by molar-refractivity contribution is 0.483. The molecule has 0 atom stereocenters. The van der Waals surface area contributed by atoms with Crippen LogP contribution in [0.4, 0.5) is 11.4 Å². The van der Waals surface area contributed by atoms with Crippen molar-refractivity contribution in [3.63, 3.8) is 0 Å². The van der Waals surface area contributed by atoms with Crippen LogP contribution in [0.15, 0.2) is 52.3 Å². The van der Waals surface area contributed by atoms with E-state index in [0.29, 0.717) is 5.69 Å². The molecule has 0 amide bonds. The Morgan fingerprint density at radius 3 is 2.32 bits per heavy atom. The lowest BCUT2D eigenvalue weighted by atomic mass is 10.3. The summed E-state index contributed by atoms with van der Waals surface area (Å²) in [7, 11) is -8.47. The number of rotatable bonds is 4. The predicted octanol–water partition coefficient (Wildman–Crippen LogP) is 1.97. The average molecular weight is 363 g/mol. The third kappa shape index (κ3) is 3.69. The number of benzene rings is 2. The molecule has 0 radical (unpaired) electrons. The van der Waals surface area contributed by atoms with Crippen LogP contribution in [-0.4, -0.2) is 21.4 Å². The molecule has 0 aliphatic carbocycles. The number of hydrogen-bond acceptors (Lipinski definition) is 5. The minimum Gasteiger partial charge on any atom is -0.399 e. The normalized spacial score (nSPS) is 12.1. The lowest BCUT2D eigenvalue weighted by Gasteiger charge is -2.10. The molecule has 0 spiro atoms. The van der Waals surface area contributed by atoms with Crippen molar-refractivity contribution in [2.45, 2.75) is 9.79 Å². The number of hydrogen-bond donors (Lipinski definition) is 3. The van der Waals surface area contributed by atoms with E-state index in [0.717, 1.165) is 12.1 Å². The first-order chi connectivity index (χ1) is 10.1. The van der Waals surface area contributed by atoms with E-state index in [1.165, 1.54) is 30.3 Å². The van der Waals surface area contributed by atoms with Crippen LogP contribution >= 0.6 is 11.6 Å². The molecular formula is C12H11ClN2O5S2. The summed E-state index contributed by atoms with van der Waals surface area (Å²) in [4.78, 5) is -0.642. The molecule has 2 aromatic carbocycles. The minimum absolute atomic E-state index is 0.0389. The zero-order valence-corrected chi connectivity index (χ0v) is 13.3. The van der Waals surface area contributed by atoms with E-state index < -0.39 is 25.0 Å². The van der Waals surface area contributed by atoms with Gasteiger partial charge in [0, 0.05) is 5.69 Å². The number of nitrogens with two attached hydrogens (primary N) is 1. The molecule has 22 heavy (non-hydrogen) atoms. The highest BCUT2D eigenvalue weighted by Gasteiger charge is 2.19.